The molecular weight excluding hydrogens is 394 g/mol. The Morgan fingerprint density at radius 1 is 1.03 bits per heavy atom. The summed E-state index contributed by atoms with van der Waals surface area (Å²) in [5.41, 5.74) is 1.68. The number of carbonyl (C=O) groups excluding carboxylic acids is 1. The Kier molecular flexibility index (Phi) is 5.32. The van der Waals surface area contributed by atoms with Crippen molar-refractivity contribution in [3.05, 3.63) is 60.7 Å². The van der Waals surface area contributed by atoms with Gasteiger partial charge in [-0.25, -0.2) is 13.1 Å². The van der Waals surface area contributed by atoms with Crippen LogP contribution in [0.2, 0.25) is 0 Å². The third kappa shape index (κ3) is 4.15. The van der Waals surface area contributed by atoms with E-state index in [0.717, 1.165) is 11.3 Å². The number of rotatable bonds is 5. The number of carbonyl (C=O) groups is 1. The van der Waals surface area contributed by atoms with Gasteiger partial charge in [-0.1, -0.05) is 12.1 Å². The molecule has 0 radical (unpaired) electrons. The van der Waals surface area contributed by atoms with E-state index in [2.05, 4.69) is 20.5 Å². The number of nitrogens with zero attached hydrogens (tertiary/aromatic N) is 7. The molecule has 0 saturated carbocycles. The minimum absolute atomic E-state index is 0.0291. The van der Waals surface area contributed by atoms with Crippen LogP contribution in [0.15, 0.2) is 60.0 Å². The van der Waals surface area contributed by atoms with Gasteiger partial charge in [-0.2, -0.15) is 4.31 Å². The van der Waals surface area contributed by atoms with Crippen LogP contribution in [-0.2, 0) is 21.2 Å². The van der Waals surface area contributed by atoms with Crippen LogP contribution in [-0.4, -0.2) is 74.9 Å². The molecule has 0 N–H and O–H groups in total. The van der Waals surface area contributed by atoms with Crippen molar-refractivity contribution >= 4 is 15.9 Å². The van der Waals surface area contributed by atoms with Gasteiger partial charge < -0.3 is 4.90 Å². The van der Waals surface area contributed by atoms with E-state index in [1.807, 2.05) is 24.3 Å². The lowest BCUT2D eigenvalue weighted by Crippen LogP contribution is -2.50. The van der Waals surface area contributed by atoms with Crippen molar-refractivity contribution < 1.29 is 13.2 Å². The summed E-state index contributed by atoms with van der Waals surface area (Å²) >= 11 is 0. The minimum atomic E-state index is -3.58. The smallest absolute Gasteiger partial charge is 0.244 e. The summed E-state index contributed by atoms with van der Waals surface area (Å²) in [6.07, 6.45) is 4.63. The zero-order valence-corrected chi connectivity index (χ0v) is 16.3. The Hall–Kier alpha value is -3.18. The van der Waals surface area contributed by atoms with Crippen LogP contribution < -0.4 is 0 Å². The Labute approximate surface area is 167 Å². The molecular formula is C18H19N7O3S. The molecule has 0 atom stereocenters. The lowest BCUT2D eigenvalue weighted by Gasteiger charge is -2.34. The van der Waals surface area contributed by atoms with E-state index in [4.69, 9.17) is 0 Å². The number of pyridine rings is 1. The van der Waals surface area contributed by atoms with Gasteiger partial charge in [0.05, 0.1) is 12.1 Å². The van der Waals surface area contributed by atoms with Crippen molar-refractivity contribution in [1.29, 1.82) is 0 Å². The Bertz CT molecular complexity index is 1060. The van der Waals surface area contributed by atoms with Crippen molar-refractivity contribution in [2.75, 3.05) is 26.2 Å². The lowest BCUT2D eigenvalue weighted by molar-refractivity contribution is -0.131. The van der Waals surface area contributed by atoms with E-state index in [1.54, 1.807) is 11.0 Å². The largest absolute Gasteiger partial charge is 0.340 e. The van der Waals surface area contributed by atoms with E-state index >= 15 is 0 Å². The lowest BCUT2D eigenvalue weighted by atomic mass is 10.1. The van der Waals surface area contributed by atoms with E-state index in [-0.39, 0.29) is 30.3 Å². The first-order chi connectivity index (χ1) is 14.0. The van der Waals surface area contributed by atoms with Crippen molar-refractivity contribution in [2.45, 2.75) is 11.3 Å². The molecule has 3 aromatic rings. The van der Waals surface area contributed by atoms with Crippen LogP contribution in [0.4, 0.5) is 0 Å². The van der Waals surface area contributed by atoms with Gasteiger partial charge in [0.2, 0.25) is 15.9 Å². The number of hydrogen-bond donors (Lipinski definition) is 0. The number of sulfonamides is 1. The average Bonchev–Trinajstić information content (AvgIpc) is 3.30. The van der Waals surface area contributed by atoms with Crippen molar-refractivity contribution in [2.24, 2.45) is 0 Å². The number of aromatic nitrogens is 5. The number of amides is 1. The topological polar surface area (TPSA) is 114 Å². The SMILES string of the molecule is O=C(Cc1ccc(-n2cnnn2)cc1)N1CCN(S(=O)(=O)c2cccnc2)CC1. The average molecular weight is 413 g/mol. The summed E-state index contributed by atoms with van der Waals surface area (Å²) in [4.78, 5) is 18.4. The molecule has 1 saturated heterocycles. The predicted octanol–water partition coefficient (Wildman–Crippen LogP) is 0.133. The molecule has 1 aromatic carbocycles. The van der Waals surface area contributed by atoms with E-state index in [1.165, 1.54) is 33.8 Å². The van der Waals surface area contributed by atoms with Gasteiger partial charge in [0.15, 0.2) is 0 Å². The van der Waals surface area contributed by atoms with Gasteiger partial charge in [-0.3, -0.25) is 9.78 Å². The molecule has 2 aromatic heterocycles. The zero-order chi connectivity index (χ0) is 20.3. The van der Waals surface area contributed by atoms with Gasteiger partial charge in [0, 0.05) is 38.6 Å². The second-order valence-electron chi connectivity index (χ2n) is 6.57. The first-order valence-corrected chi connectivity index (χ1v) is 10.5. The summed E-state index contributed by atoms with van der Waals surface area (Å²) in [5.74, 6) is -0.0291. The third-order valence-electron chi connectivity index (χ3n) is 4.77. The van der Waals surface area contributed by atoms with Gasteiger partial charge in [0.1, 0.15) is 11.2 Å². The number of tetrazole rings is 1. The maximum absolute atomic E-state index is 12.7. The van der Waals surface area contributed by atoms with E-state index < -0.39 is 10.0 Å². The molecule has 0 spiro atoms. The second kappa shape index (κ2) is 8.05. The van der Waals surface area contributed by atoms with Crippen LogP contribution in [0.25, 0.3) is 5.69 Å². The van der Waals surface area contributed by atoms with Gasteiger partial charge in [0.25, 0.3) is 0 Å². The summed E-state index contributed by atoms with van der Waals surface area (Å²) in [5, 5.41) is 11.0. The molecule has 1 aliphatic heterocycles. The minimum Gasteiger partial charge on any atom is -0.340 e. The quantitative estimate of drug-likeness (QED) is 0.584. The van der Waals surface area contributed by atoms with Crippen LogP contribution in [0.5, 0.6) is 0 Å². The molecule has 0 bridgehead atoms. The molecule has 150 valence electrons. The predicted molar refractivity (Wildman–Crippen MR) is 102 cm³/mol. The molecule has 4 rings (SSSR count). The van der Waals surface area contributed by atoms with Crippen molar-refractivity contribution in [3.8, 4) is 5.69 Å². The van der Waals surface area contributed by atoms with Crippen LogP contribution in [0, 0.1) is 0 Å². The molecule has 29 heavy (non-hydrogen) atoms. The highest BCUT2D eigenvalue weighted by atomic mass is 32.2. The number of benzene rings is 1. The standard InChI is InChI=1S/C18H19N7O3S/c26-18(12-15-3-5-16(6-4-15)25-14-20-21-22-25)23-8-10-24(11-9-23)29(27,28)17-2-1-7-19-13-17/h1-7,13-14H,8-12H2. The van der Waals surface area contributed by atoms with E-state index in [9.17, 15) is 13.2 Å². The highest BCUT2D eigenvalue weighted by Gasteiger charge is 2.30. The summed E-state index contributed by atoms with van der Waals surface area (Å²) in [6, 6.07) is 10.5. The number of piperazine rings is 1. The first-order valence-electron chi connectivity index (χ1n) is 9.04. The number of hydrogen-bond acceptors (Lipinski definition) is 7. The Balaban J connectivity index is 1.34. The normalized spacial score (nSPS) is 15.4. The zero-order valence-electron chi connectivity index (χ0n) is 15.5. The first kappa shape index (κ1) is 19.2. The maximum Gasteiger partial charge on any atom is 0.244 e. The molecule has 3 heterocycles. The molecule has 1 aliphatic rings. The van der Waals surface area contributed by atoms with Crippen molar-refractivity contribution in [3.63, 3.8) is 0 Å². The highest BCUT2D eigenvalue weighted by Crippen LogP contribution is 2.17. The van der Waals surface area contributed by atoms with Crippen LogP contribution in [0.1, 0.15) is 5.56 Å². The Morgan fingerprint density at radius 2 is 1.79 bits per heavy atom. The molecule has 0 aliphatic carbocycles. The Morgan fingerprint density at radius 3 is 2.41 bits per heavy atom. The molecule has 11 heteroatoms. The monoisotopic (exact) mass is 413 g/mol. The van der Waals surface area contributed by atoms with E-state index in [0.29, 0.717) is 13.1 Å². The fraction of sp³-hybridized carbons (Fsp3) is 0.278. The second-order valence-corrected chi connectivity index (χ2v) is 8.51. The van der Waals surface area contributed by atoms with Crippen LogP contribution >= 0.6 is 0 Å². The molecule has 10 nitrogen and oxygen atoms in total. The fourth-order valence-corrected chi connectivity index (χ4v) is 4.55. The van der Waals surface area contributed by atoms with Gasteiger partial charge in [-0.15, -0.1) is 5.10 Å². The summed E-state index contributed by atoms with van der Waals surface area (Å²) < 4.78 is 28.2. The van der Waals surface area contributed by atoms with Gasteiger partial charge >= 0.3 is 0 Å². The van der Waals surface area contributed by atoms with Gasteiger partial charge in [-0.05, 0) is 40.3 Å². The molecule has 0 unspecified atom stereocenters. The van der Waals surface area contributed by atoms with Crippen molar-refractivity contribution in [1.82, 2.24) is 34.4 Å². The third-order valence-corrected chi connectivity index (χ3v) is 6.65. The molecule has 1 fully saturated rings. The highest BCUT2D eigenvalue weighted by molar-refractivity contribution is 7.89. The summed E-state index contributed by atoms with van der Waals surface area (Å²) in [6.45, 7) is 1.25. The summed E-state index contributed by atoms with van der Waals surface area (Å²) in [7, 11) is -3.58. The molecule has 1 amide bonds. The fourth-order valence-electron chi connectivity index (χ4n) is 3.16. The maximum atomic E-state index is 12.7. The van der Waals surface area contributed by atoms with Crippen LogP contribution in [0.3, 0.4) is 0 Å².